The van der Waals surface area contributed by atoms with Crippen molar-refractivity contribution < 1.29 is 23.3 Å². The maximum absolute atomic E-state index is 14.3. The van der Waals surface area contributed by atoms with Crippen molar-refractivity contribution >= 4 is 22.9 Å². The second-order valence-corrected chi connectivity index (χ2v) is 22.7. The quantitative estimate of drug-likeness (QED) is 0.0447. The minimum absolute atomic E-state index is 0.000130. The topological polar surface area (TPSA) is 76.2 Å². The maximum atomic E-state index is 14.3. The molecular weight excluding hydrogens is 837 g/mol. The average Bonchev–Trinajstić information content (AvgIpc) is 3.32. The van der Waals surface area contributed by atoms with E-state index >= 15 is 0 Å². The summed E-state index contributed by atoms with van der Waals surface area (Å²) in [5.74, 6) is 2.77. The summed E-state index contributed by atoms with van der Waals surface area (Å²) in [6, 6.07) is 0.369. The van der Waals surface area contributed by atoms with Crippen LogP contribution in [0.15, 0.2) is 0 Å². The number of esters is 2. The number of piperidine rings is 1. The second-order valence-electron chi connectivity index (χ2n) is 21.1. The molecule has 0 aromatic heterocycles. The Kier molecular flexibility index (Phi) is 44.3. The summed E-state index contributed by atoms with van der Waals surface area (Å²) in [5.41, 5.74) is 0. The number of unbranched alkanes of at least 4 members (excludes halogenated alkanes) is 21. The van der Waals surface area contributed by atoms with Crippen LogP contribution in [0.5, 0.6) is 0 Å². The summed E-state index contributed by atoms with van der Waals surface area (Å²) in [6.45, 7) is 15.7. The normalized spacial score (nSPS) is 15.6. The Labute approximate surface area is 414 Å². The number of carbonyl (C=O) groups is 2. The van der Waals surface area contributed by atoms with Crippen molar-refractivity contribution in [1.82, 2.24) is 9.21 Å². The van der Waals surface area contributed by atoms with Crippen LogP contribution in [0, 0.1) is 17.8 Å². The van der Waals surface area contributed by atoms with E-state index in [1.165, 1.54) is 186 Å². The van der Waals surface area contributed by atoms with Crippen LogP contribution >= 0.6 is 0 Å². The van der Waals surface area contributed by atoms with Crippen molar-refractivity contribution in [2.75, 3.05) is 45.6 Å². The van der Waals surface area contributed by atoms with Gasteiger partial charge in [-0.05, 0) is 95.7 Å². The van der Waals surface area contributed by atoms with Crippen LogP contribution < -0.4 is 0 Å². The smallest absolute Gasteiger partial charge is 0.305 e. The summed E-state index contributed by atoms with van der Waals surface area (Å²) < 4.78 is 28.2. The molecule has 1 saturated heterocycles. The molecule has 0 radical (unpaired) electrons. The van der Waals surface area contributed by atoms with Crippen LogP contribution in [0.3, 0.4) is 0 Å². The molecule has 8 heteroatoms. The predicted molar refractivity (Wildman–Crippen MR) is 286 cm³/mol. The van der Waals surface area contributed by atoms with E-state index in [1.807, 2.05) is 0 Å². The van der Waals surface area contributed by atoms with Gasteiger partial charge in [0.25, 0.3) is 0 Å². The minimum atomic E-state index is -0.935. The molecule has 1 aliphatic heterocycles. The number of hydrogen-bond acceptors (Lipinski definition) is 6. The van der Waals surface area contributed by atoms with Gasteiger partial charge in [0.1, 0.15) is 0 Å². The predicted octanol–water partition coefficient (Wildman–Crippen LogP) is 16.9. The number of ether oxygens (including phenoxy) is 2. The molecule has 1 rings (SSSR count). The number of hydrogen-bond donors (Lipinski definition) is 0. The fourth-order valence-electron chi connectivity index (χ4n) is 10.2. The zero-order valence-corrected chi connectivity index (χ0v) is 46.0. The molecule has 0 aromatic rings. The van der Waals surface area contributed by atoms with Crippen molar-refractivity contribution in [3.63, 3.8) is 0 Å². The van der Waals surface area contributed by atoms with E-state index < -0.39 is 11.0 Å². The van der Waals surface area contributed by atoms with E-state index in [4.69, 9.17) is 9.47 Å². The molecule has 3 atom stereocenters. The van der Waals surface area contributed by atoms with E-state index in [9.17, 15) is 13.8 Å². The van der Waals surface area contributed by atoms with Gasteiger partial charge in [0.15, 0.2) is 0 Å². The lowest BCUT2D eigenvalue weighted by Crippen LogP contribution is -2.43. The van der Waals surface area contributed by atoms with Crippen LogP contribution in [-0.4, -0.2) is 77.0 Å². The first-order chi connectivity index (χ1) is 32.3. The largest absolute Gasteiger partial charge is 0.466 e. The highest BCUT2D eigenvalue weighted by molar-refractivity contribution is 7.82. The van der Waals surface area contributed by atoms with Crippen LogP contribution in [0.25, 0.3) is 0 Å². The van der Waals surface area contributed by atoms with E-state index in [2.05, 4.69) is 50.9 Å². The standard InChI is InChI=1S/C58H114N2O5S/c1-7-12-17-20-27-34-51-66(63)60(52-55-45-47-59(6)48-46-55)56(39-30-23-21-25-32-49-64-57(61)43-41-53(35-15-10-4)37-28-18-13-8-2)40-31-24-22-26-33-50-65-58(62)44-42-54(36-16-11-5)38-29-19-14-9-3/h53-56H,7-52H2,1-6H3. The summed E-state index contributed by atoms with van der Waals surface area (Å²) in [7, 11) is 1.30. The maximum Gasteiger partial charge on any atom is 0.305 e. The third-order valence-electron chi connectivity index (χ3n) is 14.9. The van der Waals surface area contributed by atoms with Crippen LogP contribution in [0.1, 0.15) is 291 Å². The van der Waals surface area contributed by atoms with E-state index in [0.29, 0.717) is 49.9 Å². The summed E-state index contributed by atoms with van der Waals surface area (Å²) in [4.78, 5) is 27.7. The molecule has 66 heavy (non-hydrogen) atoms. The highest BCUT2D eigenvalue weighted by atomic mass is 32.2. The Morgan fingerprint density at radius 2 is 0.848 bits per heavy atom. The molecule has 0 N–H and O–H groups in total. The van der Waals surface area contributed by atoms with Crippen LogP contribution in [-0.2, 0) is 30.0 Å². The van der Waals surface area contributed by atoms with E-state index in [0.717, 1.165) is 83.2 Å². The molecule has 392 valence electrons. The molecule has 0 spiro atoms. The molecule has 0 saturated carbocycles. The molecular formula is C58H114N2O5S. The number of rotatable bonds is 49. The Morgan fingerprint density at radius 3 is 1.30 bits per heavy atom. The highest BCUT2D eigenvalue weighted by Crippen LogP contribution is 2.27. The number of carbonyl (C=O) groups excluding carboxylic acids is 2. The van der Waals surface area contributed by atoms with Gasteiger partial charge in [-0.2, -0.15) is 0 Å². The van der Waals surface area contributed by atoms with Crippen LogP contribution in [0.4, 0.5) is 0 Å². The van der Waals surface area contributed by atoms with Crippen molar-refractivity contribution in [3.8, 4) is 0 Å². The zero-order valence-electron chi connectivity index (χ0n) is 45.2. The molecule has 3 unspecified atom stereocenters. The van der Waals surface area contributed by atoms with Crippen LogP contribution in [0.2, 0.25) is 0 Å². The summed E-state index contributed by atoms with van der Waals surface area (Å²) in [6.07, 6.45) is 46.8. The van der Waals surface area contributed by atoms with Gasteiger partial charge in [-0.15, -0.1) is 0 Å². The lowest BCUT2D eigenvalue weighted by molar-refractivity contribution is -0.145. The summed E-state index contributed by atoms with van der Waals surface area (Å²) in [5, 5.41) is 0. The first kappa shape index (κ1) is 63.0. The Balaban J connectivity index is 2.65. The zero-order chi connectivity index (χ0) is 48.1. The third kappa shape index (κ3) is 36.9. The molecule has 1 fully saturated rings. The average molecular weight is 952 g/mol. The molecule has 0 aliphatic carbocycles. The van der Waals surface area contributed by atoms with Gasteiger partial charge in [0, 0.05) is 31.2 Å². The molecule has 1 heterocycles. The lowest BCUT2D eigenvalue weighted by atomic mass is 9.91. The lowest BCUT2D eigenvalue weighted by Gasteiger charge is -2.36. The fraction of sp³-hybridized carbons (Fsp3) is 0.966. The number of nitrogens with zero attached hydrogens (tertiary/aromatic N) is 2. The van der Waals surface area contributed by atoms with Gasteiger partial charge in [-0.1, -0.05) is 221 Å². The Morgan fingerprint density at radius 1 is 0.485 bits per heavy atom. The Bertz CT molecular complexity index is 1040. The molecule has 1 aliphatic rings. The van der Waals surface area contributed by atoms with Crippen molar-refractivity contribution in [2.45, 2.75) is 297 Å². The van der Waals surface area contributed by atoms with Gasteiger partial charge >= 0.3 is 11.9 Å². The minimum Gasteiger partial charge on any atom is -0.466 e. The molecule has 7 nitrogen and oxygen atoms in total. The van der Waals surface area contributed by atoms with Gasteiger partial charge < -0.3 is 14.4 Å². The molecule has 0 amide bonds. The first-order valence-corrected chi connectivity index (χ1v) is 30.7. The van der Waals surface area contributed by atoms with E-state index in [-0.39, 0.29) is 11.9 Å². The Hall–Kier alpha value is -0.990. The fourth-order valence-corrected chi connectivity index (χ4v) is 11.8. The van der Waals surface area contributed by atoms with Gasteiger partial charge in [0.2, 0.25) is 0 Å². The highest BCUT2D eigenvalue weighted by Gasteiger charge is 2.28. The monoisotopic (exact) mass is 951 g/mol. The van der Waals surface area contributed by atoms with Crippen molar-refractivity contribution in [2.24, 2.45) is 17.8 Å². The van der Waals surface area contributed by atoms with Gasteiger partial charge in [-0.25, -0.2) is 8.51 Å². The van der Waals surface area contributed by atoms with Crippen molar-refractivity contribution in [3.05, 3.63) is 0 Å². The number of likely N-dealkylation sites (tertiary alicyclic amines) is 1. The first-order valence-electron chi connectivity index (χ1n) is 29.4. The molecule has 0 bridgehead atoms. The molecule has 0 aromatic carbocycles. The SMILES string of the molecule is CCCCCCCCS(=O)N(CC1CCN(C)CC1)C(CCCCCCCOC(=O)CCC(CCCC)CCCCCC)CCCCCCCOC(=O)CCC(CCCC)CCCCCC. The van der Waals surface area contributed by atoms with Gasteiger partial charge in [-0.3, -0.25) is 9.59 Å². The summed E-state index contributed by atoms with van der Waals surface area (Å²) >= 11 is 0. The second kappa shape index (κ2) is 46.4. The third-order valence-corrected chi connectivity index (χ3v) is 16.5. The van der Waals surface area contributed by atoms with Crippen molar-refractivity contribution in [1.29, 1.82) is 0 Å². The van der Waals surface area contributed by atoms with Gasteiger partial charge in [0.05, 0.1) is 24.2 Å². The van der Waals surface area contributed by atoms with E-state index in [1.54, 1.807) is 0 Å².